The topological polar surface area (TPSA) is 64.4 Å². The van der Waals surface area contributed by atoms with Crippen LogP contribution in [0.4, 0.5) is 11.7 Å². The monoisotopic (exact) mass is 288 g/mol. The lowest BCUT2D eigenvalue weighted by Crippen LogP contribution is -2.04. The van der Waals surface area contributed by atoms with Gasteiger partial charge in [-0.2, -0.15) is 4.98 Å². The first-order valence-electron chi connectivity index (χ1n) is 6.13. The third kappa shape index (κ3) is 2.50. The van der Waals surface area contributed by atoms with E-state index in [1.165, 1.54) is 11.0 Å². The molecule has 0 amide bonds. The van der Waals surface area contributed by atoms with Gasteiger partial charge in [-0.3, -0.25) is 0 Å². The molecule has 20 heavy (non-hydrogen) atoms. The van der Waals surface area contributed by atoms with E-state index in [0.29, 0.717) is 6.61 Å². The van der Waals surface area contributed by atoms with Crippen LogP contribution >= 0.6 is 11.3 Å². The summed E-state index contributed by atoms with van der Waals surface area (Å²) in [5.74, 6) is -0.488. The zero-order valence-corrected chi connectivity index (χ0v) is 11.6. The molecular weight excluding hydrogens is 276 g/mol. The number of carbonyl (C=O) groups excluding carboxylic acids is 1. The van der Waals surface area contributed by atoms with Crippen LogP contribution in [-0.4, -0.2) is 17.6 Å². The lowest BCUT2D eigenvalue weighted by Gasteiger charge is -2.01. The Bertz CT molecular complexity index is 748. The summed E-state index contributed by atoms with van der Waals surface area (Å²) in [4.78, 5) is 15.5. The van der Waals surface area contributed by atoms with Gasteiger partial charge in [0.25, 0.3) is 6.01 Å². The van der Waals surface area contributed by atoms with Crippen LogP contribution in [0.1, 0.15) is 17.4 Å². The summed E-state index contributed by atoms with van der Waals surface area (Å²) in [6, 6.07) is 8.28. The van der Waals surface area contributed by atoms with Gasteiger partial charge in [0, 0.05) is 10.4 Å². The number of aromatic nitrogens is 1. The van der Waals surface area contributed by atoms with Crippen molar-refractivity contribution in [3.8, 4) is 0 Å². The second-order valence-electron chi connectivity index (χ2n) is 4.06. The van der Waals surface area contributed by atoms with E-state index < -0.39 is 5.97 Å². The van der Waals surface area contributed by atoms with E-state index in [9.17, 15) is 4.79 Å². The molecule has 0 unspecified atom stereocenters. The number of thiophene rings is 1. The predicted molar refractivity (Wildman–Crippen MR) is 77.6 cm³/mol. The average Bonchev–Trinajstić information content (AvgIpc) is 3.07. The van der Waals surface area contributed by atoms with Crippen LogP contribution < -0.4 is 5.32 Å². The third-order valence-electron chi connectivity index (χ3n) is 2.69. The first kappa shape index (κ1) is 12.7. The van der Waals surface area contributed by atoms with E-state index in [2.05, 4.69) is 10.3 Å². The summed E-state index contributed by atoms with van der Waals surface area (Å²) in [5, 5.41) is 6.21. The summed E-state index contributed by atoms with van der Waals surface area (Å²) < 4.78 is 11.3. The number of ether oxygens (including phenoxy) is 1. The molecule has 3 rings (SSSR count). The molecule has 6 heteroatoms. The van der Waals surface area contributed by atoms with Crippen molar-refractivity contribution in [2.45, 2.75) is 6.92 Å². The fourth-order valence-corrected chi connectivity index (χ4v) is 2.57. The first-order chi connectivity index (χ1) is 9.76. The molecule has 102 valence electrons. The number of fused-ring (bicyclic) bond motifs is 1. The van der Waals surface area contributed by atoms with Crippen LogP contribution in [0.5, 0.6) is 0 Å². The van der Waals surface area contributed by atoms with Gasteiger partial charge in [0.1, 0.15) is 6.26 Å². The minimum atomic E-state index is -0.488. The molecule has 2 heterocycles. The Morgan fingerprint density at radius 3 is 3.20 bits per heavy atom. The van der Waals surface area contributed by atoms with Crippen molar-refractivity contribution >= 4 is 39.1 Å². The number of nitrogens with one attached hydrogen (secondary N) is 1. The van der Waals surface area contributed by atoms with Gasteiger partial charge in [0.2, 0.25) is 0 Å². The minimum absolute atomic E-state index is 0.158. The third-order valence-corrected chi connectivity index (χ3v) is 3.59. The Morgan fingerprint density at radius 2 is 2.35 bits per heavy atom. The van der Waals surface area contributed by atoms with Crippen molar-refractivity contribution in [1.29, 1.82) is 0 Å². The van der Waals surface area contributed by atoms with Gasteiger partial charge in [-0.1, -0.05) is 0 Å². The molecule has 0 saturated heterocycles. The Morgan fingerprint density at radius 1 is 1.45 bits per heavy atom. The summed E-state index contributed by atoms with van der Waals surface area (Å²) in [5.41, 5.74) is 1.01. The van der Waals surface area contributed by atoms with Crippen molar-refractivity contribution in [2.24, 2.45) is 0 Å². The lowest BCUT2D eigenvalue weighted by molar-refractivity contribution is 0.0519. The highest BCUT2D eigenvalue weighted by Gasteiger charge is 2.13. The standard InChI is InChI=1S/C14H12N2O3S/c1-2-18-13(17)11-8-19-14(16-11)15-10-3-4-12-9(7-10)5-6-20-12/h3-8H,2H2,1H3,(H,15,16). The Labute approximate surface area is 119 Å². The number of carbonyl (C=O) groups is 1. The van der Waals surface area contributed by atoms with Gasteiger partial charge in [-0.25, -0.2) is 4.79 Å². The zero-order chi connectivity index (χ0) is 13.9. The SMILES string of the molecule is CCOC(=O)c1coc(Nc2ccc3sccc3c2)n1. The van der Waals surface area contributed by atoms with Crippen LogP contribution in [0.15, 0.2) is 40.3 Å². The van der Waals surface area contributed by atoms with Gasteiger partial charge >= 0.3 is 5.97 Å². The van der Waals surface area contributed by atoms with Gasteiger partial charge in [0.05, 0.1) is 6.61 Å². The van der Waals surface area contributed by atoms with Crippen molar-refractivity contribution in [2.75, 3.05) is 11.9 Å². The maximum atomic E-state index is 11.5. The smallest absolute Gasteiger partial charge is 0.360 e. The maximum Gasteiger partial charge on any atom is 0.360 e. The van der Waals surface area contributed by atoms with Crippen molar-refractivity contribution in [1.82, 2.24) is 4.98 Å². The molecule has 3 aromatic rings. The number of rotatable bonds is 4. The molecular formula is C14H12N2O3S. The van der Waals surface area contributed by atoms with Gasteiger partial charge in [0.15, 0.2) is 5.69 Å². The quantitative estimate of drug-likeness (QED) is 0.739. The second-order valence-corrected chi connectivity index (χ2v) is 5.00. The molecule has 2 aromatic heterocycles. The van der Waals surface area contributed by atoms with Gasteiger partial charge < -0.3 is 14.5 Å². The fourth-order valence-electron chi connectivity index (χ4n) is 1.80. The number of hydrogen-bond acceptors (Lipinski definition) is 6. The number of hydrogen-bond donors (Lipinski definition) is 1. The summed E-state index contributed by atoms with van der Waals surface area (Å²) in [6.45, 7) is 2.05. The minimum Gasteiger partial charge on any atom is -0.461 e. The fraction of sp³-hybridized carbons (Fsp3) is 0.143. The van der Waals surface area contributed by atoms with E-state index in [1.807, 2.05) is 29.6 Å². The number of nitrogens with zero attached hydrogens (tertiary/aromatic N) is 1. The second kappa shape index (κ2) is 5.34. The summed E-state index contributed by atoms with van der Waals surface area (Å²) in [7, 11) is 0. The van der Waals surface area contributed by atoms with Crippen LogP contribution in [0, 0.1) is 0 Å². The van der Waals surface area contributed by atoms with Gasteiger partial charge in [-0.15, -0.1) is 11.3 Å². The highest BCUT2D eigenvalue weighted by atomic mass is 32.1. The van der Waals surface area contributed by atoms with Crippen LogP contribution in [0.3, 0.4) is 0 Å². The van der Waals surface area contributed by atoms with E-state index >= 15 is 0 Å². The van der Waals surface area contributed by atoms with Crippen molar-refractivity contribution in [3.63, 3.8) is 0 Å². The van der Waals surface area contributed by atoms with Crippen LogP contribution in [-0.2, 0) is 4.74 Å². The largest absolute Gasteiger partial charge is 0.461 e. The highest BCUT2D eigenvalue weighted by Crippen LogP contribution is 2.25. The van der Waals surface area contributed by atoms with Crippen LogP contribution in [0.2, 0.25) is 0 Å². The van der Waals surface area contributed by atoms with E-state index in [-0.39, 0.29) is 11.7 Å². The number of anilines is 2. The molecule has 0 radical (unpaired) electrons. The summed E-state index contributed by atoms with van der Waals surface area (Å²) in [6.07, 6.45) is 1.28. The van der Waals surface area contributed by atoms with Crippen molar-refractivity contribution in [3.05, 3.63) is 41.6 Å². The van der Waals surface area contributed by atoms with E-state index in [1.54, 1.807) is 18.3 Å². The molecule has 5 nitrogen and oxygen atoms in total. The number of esters is 1. The Hall–Kier alpha value is -2.34. The lowest BCUT2D eigenvalue weighted by atomic mass is 10.2. The number of oxazole rings is 1. The van der Waals surface area contributed by atoms with Crippen LogP contribution in [0.25, 0.3) is 10.1 Å². The molecule has 1 aromatic carbocycles. The Balaban J connectivity index is 1.78. The molecule has 0 aliphatic carbocycles. The highest BCUT2D eigenvalue weighted by molar-refractivity contribution is 7.17. The van der Waals surface area contributed by atoms with E-state index in [0.717, 1.165) is 11.1 Å². The normalized spacial score (nSPS) is 10.7. The Kier molecular flexibility index (Phi) is 3.39. The molecule has 0 saturated carbocycles. The van der Waals surface area contributed by atoms with Gasteiger partial charge in [-0.05, 0) is 42.0 Å². The molecule has 0 atom stereocenters. The average molecular weight is 288 g/mol. The van der Waals surface area contributed by atoms with Crippen molar-refractivity contribution < 1.29 is 13.9 Å². The number of benzene rings is 1. The predicted octanol–water partition coefficient (Wildman–Crippen LogP) is 3.81. The molecule has 0 fully saturated rings. The molecule has 1 N–H and O–H groups in total. The molecule has 0 aliphatic heterocycles. The maximum absolute atomic E-state index is 11.5. The van der Waals surface area contributed by atoms with E-state index in [4.69, 9.17) is 9.15 Å². The molecule has 0 aliphatic rings. The molecule has 0 spiro atoms. The zero-order valence-electron chi connectivity index (χ0n) is 10.8. The molecule has 0 bridgehead atoms. The first-order valence-corrected chi connectivity index (χ1v) is 7.01. The summed E-state index contributed by atoms with van der Waals surface area (Å²) >= 11 is 1.69.